The first-order chi connectivity index (χ1) is 64.9. The number of nitrogens with two attached hydrogens (primary N) is 1. The minimum atomic E-state index is -3.96. The van der Waals surface area contributed by atoms with E-state index in [1.165, 1.54) is 141 Å². The van der Waals surface area contributed by atoms with Crippen LogP contribution >= 0.6 is 33.9 Å². The molecule has 0 radical (unpaired) electrons. The number of carbonyl (C=O) groups is 6. The highest BCUT2D eigenvalue weighted by molar-refractivity contribution is 8.13. The lowest BCUT2D eigenvalue weighted by atomic mass is 9.55. The van der Waals surface area contributed by atoms with Gasteiger partial charge in [0.25, 0.3) is 14.3 Å². The van der Waals surface area contributed by atoms with E-state index in [9.17, 15) is 55.8 Å². The van der Waals surface area contributed by atoms with E-state index >= 15 is 0 Å². The number of ether oxygens (including phenoxy) is 6. The zero-order valence-electron chi connectivity index (χ0n) is 79.2. The second-order valence-electron chi connectivity index (χ2n) is 41.4. The number of phenols is 1. The molecule has 8 fully saturated rings. The van der Waals surface area contributed by atoms with Gasteiger partial charge in [-0.1, -0.05) is 184 Å². The van der Waals surface area contributed by atoms with Gasteiger partial charge in [-0.15, -0.1) is 0 Å². The number of primary sulfonamides is 1. The predicted octanol–water partition coefficient (Wildman–Crippen LogP) is 21.6. The number of phenolic OH excluding ortho intramolecular Hbond substituents is 1. The Morgan fingerprint density at radius 3 is 1.18 bits per heavy atom. The van der Waals surface area contributed by atoms with Crippen LogP contribution in [0.3, 0.4) is 0 Å². The third-order valence-corrected chi connectivity index (χ3v) is 36.3. The van der Waals surface area contributed by atoms with Crippen LogP contribution in [-0.2, 0) is 106 Å². The van der Waals surface area contributed by atoms with E-state index in [2.05, 4.69) is 109 Å². The number of carbonyl (C=O) groups excluding carboxylic acids is 6. The molecule has 0 bridgehead atoms. The number of fused-ring (bicyclic) bond motifs is 20. The highest BCUT2D eigenvalue weighted by Gasteiger charge is 2.60. The van der Waals surface area contributed by atoms with Gasteiger partial charge in [0.1, 0.15) is 43.9 Å². The molecule has 8 aromatic rings. The summed E-state index contributed by atoms with van der Waals surface area (Å²) in [4.78, 5) is 69.7. The number of benzene rings is 8. The van der Waals surface area contributed by atoms with Gasteiger partial charge in [0, 0.05) is 32.5 Å². The summed E-state index contributed by atoms with van der Waals surface area (Å²) >= 11 is 10.2. The maximum absolute atomic E-state index is 12.6. The number of sulfonamides is 1. The molecule has 0 spiro atoms. The van der Waals surface area contributed by atoms with Gasteiger partial charge < -0.3 is 43.7 Å². The number of aliphatic hydroxyl groups excluding tert-OH is 2. The van der Waals surface area contributed by atoms with Crippen LogP contribution in [0, 0.1) is 89.8 Å². The summed E-state index contributed by atoms with van der Waals surface area (Å²) in [5, 5.41) is 33.2. The molecule has 12 aliphatic rings. The van der Waals surface area contributed by atoms with Crippen molar-refractivity contribution in [1.29, 1.82) is 0 Å². The number of hydrogen-bond acceptors (Lipinski definition) is 19. The van der Waals surface area contributed by atoms with Gasteiger partial charge in [-0.3, -0.25) is 9.59 Å². The Morgan fingerprint density at radius 2 is 0.772 bits per heavy atom. The van der Waals surface area contributed by atoms with Crippen molar-refractivity contribution in [3.8, 4) is 5.75 Å². The second-order valence-corrected chi connectivity index (χ2v) is 46.3. The van der Waals surface area contributed by atoms with Crippen molar-refractivity contribution in [1.82, 2.24) is 0 Å². The fraction of sp³-hybridized carbons (Fsp3) is 0.514. The van der Waals surface area contributed by atoms with E-state index in [-0.39, 0.29) is 86.2 Å². The van der Waals surface area contributed by atoms with Crippen molar-refractivity contribution in [2.75, 3.05) is 26.4 Å². The zero-order chi connectivity index (χ0) is 96.8. The molecule has 5 N–H and O–H groups in total. The van der Waals surface area contributed by atoms with Crippen LogP contribution in [0.4, 0.5) is 0 Å². The summed E-state index contributed by atoms with van der Waals surface area (Å²) in [6.45, 7) is 15.7. The van der Waals surface area contributed by atoms with Crippen molar-refractivity contribution in [3.63, 3.8) is 0 Å². The first-order valence-corrected chi connectivity index (χ1v) is 53.5. The molecule has 0 aromatic heterocycles. The predicted molar refractivity (Wildman–Crippen MR) is 524 cm³/mol. The van der Waals surface area contributed by atoms with Crippen molar-refractivity contribution < 1.29 is 89.3 Å². The third-order valence-electron chi connectivity index (χ3n) is 33.7. The minimum Gasteiger partial charge on any atom is -0.508 e. The van der Waals surface area contributed by atoms with Gasteiger partial charge in [-0.2, -0.15) is 0 Å². The van der Waals surface area contributed by atoms with Crippen molar-refractivity contribution in [3.05, 3.63) is 265 Å². The Bertz CT molecular complexity index is 5880. The van der Waals surface area contributed by atoms with Crippen LogP contribution in [0.1, 0.15) is 273 Å². The first-order valence-electron chi connectivity index (χ1n) is 48.9. The van der Waals surface area contributed by atoms with Crippen LogP contribution in [0.15, 0.2) is 192 Å². The van der Waals surface area contributed by atoms with Crippen LogP contribution in [-0.4, -0.2) is 117 Å². The fourth-order valence-electron chi connectivity index (χ4n) is 27.1. The van der Waals surface area contributed by atoms with Gasteiger partial charge in [0.05, 0.1) is 34.7 Å². The topological polar surface area (TPSA) is 313 Å². The van der Waals surface area contributed by atoms with E-state index in [0.29, 0.717) is 60.4 Å². The number of rotatable bonds is 18. The smallest absolute Gasteiger partial charge is 0.344 e. The number of hydrogen-bond donors (Lipinski definition) is 4. The number of halogens is 3. The van der Waals surface area contributed by atoms with Crippen molar-refractivity contribution in [2.24, 2.45) is 74.1 Å². The highest BCUT2D eigenvalue weighted by atomic mass is 35.7. The van der Waals surface area contributed by atoms with Crippen LogP contribution < -0.4 is 5.14 Å². The molecule has 0 amide bonds. The monoisotopic (exact) mass is 1950 g/mol. The molecule has 12 aliphatic carbocycles. The summed E-state index contributed by atoms with van der Waals surface area (Å²) in [5.41, 5.74) is 18.8. The van der Waals surface area contributed by atoms with Gasteiger partial charge in [-0.05, 0) is 373 Å². The number of aryl methyl sites for hydroxylation is 7. The summed E-state index contributed by atoms with van der Waals surface area (Å²) in [5.74, 6) is 6.10. The molecule has 728 valence electrons. The molecule has 20 nitrogen and oxygen atoms in total. The summed E-state index contributed by atoms with van der Waals surface area (Å²) < 4.78 is 77.9. The molecule has 136 heavy (non-hydrogen) atoms. The molecule has 8 aromatic carbocycles. The van der Waals surface area contributed by atoms with Gasteiger partial charge in [0.15, 0.2) is 6.61 Å². The molecular weight excluding hydrogens is 1820 g/mol. The van der Waals surface area contributed by atoms with E-state index in [0.717, 1.165) is 130 Å². The quantitative estimate of drug-likeness (QED) is 0.0352. The second kappa shape index (κ2) is 43.6. The number of esters is 4. The van der Waals surface area contributed by atoms with Gasteiger partial charge >= 0.3 is 23.9 Å². The highest BCUT2D eigenvalue weighted by Crippen LogP contribution is 2.66. The molecule has 0 aliphatic heterocycles. The molecular formula is C111H132Cl3NO19S2. The summed E-state index contributed by atoms with van der Waals surface area (Å²) in [7, 11) is -2.71. The Hall–Kier alpha value is -8.65. The number of aromatic hydroxyl groups is 1. The maximum atomic E-state index is 12.6. The van der Waals surface area contributed by atoms with E-state index in [1.54, 1.807) is 39.4 Å². The van der Waals surface area contributed by atoms with Crippen LogP contribution in [0.25, 0.3) is 0 Å². The first kappa shape index (κ1) is 102. The normalized spacial score (nSPS) is 29.6. The molecule has 0 heterocycles. The molecule has 0 saturated heterocycles. The lowest BCUT2D eigenvalue weighted by Gasteiger charge is -2.50. The van der Waals surface area contributed by atoms with E-state index in [1.807, 2.05) is 66.7 Å². The van der Waals surface area contributed by atoms with Gasteiger partial charge in [-0.25, -0.2) is 41.2 Å². The zero-order valence-corrected chi connectivity index (χ0v) is 83.1. The minimum absolute atomic E-state index is 0.00793. The SMILES string of the molecule is C[C@]12CCC3c4ccc(O)cc4CCC3C1CC[C@@H]2OC(=O)COC(=O)c1cccc(S(N)(=O)=O)c1.Cc1ccc2c(c1)CCC1C2CC[C@@]2(C)C1CC[C@@H]2O.Cc1ccc2c(c1)CCC1C2CC[C@@]2(C)C1CC[C@@H]2OC(=O)CO.Cc1ccc2c(c1)CCC1C2CC[C@@]2(C)C1CC[C@@H]2OC(=O)COCc1ccccc1.O=C(Cl)COCc1ccccc1.O=C(Cl)c1cccc(S(=O)(=O)Cl)c1. The standard InChI is InChI=1S/C28H34O3.C27H31NO7S.C21H28O3.C19H26O.C9H9ClO2.C7H4Cl2O3S/c1-19-8-10-22-21(16-19)9-11-24-23(22)14-15-28(2)25(24)12-13-26(28)31-27(29)18-30-17-20-6-4-3-5-7-20;1-27-12-11-21-20-8-6-18(29)13-16(20)5-7-22(21)23(27)9-10-24(27)35-25(30)15-34-26(31)17-3-2-4-19(14-17)36(28,32)33;1-13-3-5-15-14(11-13)4-6-17-16(15)9-10-21(2)18(17)7-8-19(21)24-20(23)12-22;1-12-3-5-14-13(11-12)4-6-16-15(14)9-10-19(2)17(16)7-8-18(19)20;10-9(11)7-12-6-8-4-2-1-3-5-8;8-7(10)5-2-1-3-6(4-5)13(9,11)12/h3-8,10,16,23-26H,9,11-15,17-18H2,1-2H3;2-4,6,8,13-14,21-24,29H,5,7,9-12,15H2,1H3,(H2,28,32,33);3,5,11,16-19,22H,4,6-10,12H2,1-2H3;3,5,11,15-18,20H,4,6-10H2,1-2H3;1-5H,6-7H2;1-4H/t23?,24?,25?,26-,28-;21?,22?,23?,24-,27-;16?,17?,18?,19-,21-;15?,16?,17?,18-,19-;;/m0000../s1. The average Bonchev–Trinajstić information content (AvgIpc) is 1.53. The van der Waals surface area contributed by atoms with Gasteiger partial charge in [0.2, 0.25) is 15.3 Å². The molecule has 12 unspecified atom stereocenters. The lowest BCUT2D eigenvalue weighted by Crippen LogP contribution is -2.45. The lowest BCUT2D eigenvalue weighted by molar-refractivity contribution is -0.163. The fourth-order valence-corrected chi connectivity index (χ4v) is 28.7. The maximum Gasteiger partial charge on any atom is 0.344 e. The Balaban J connectivity index is 0.000000129. The number of aliphatic hydroxyl groups is 2. The van der Waals surface area contributed by atoms with Crippen LogP contribution in [0.5, 0.6) is 5.75 Å². The van der Waals surface area contributed by atoms with Crippen molar-refractivity contribution >= 4 is 87.3 Å². The van der Waals surface area contributed by atoms with Crippen LogP contribution in [0.2, 0.25) is 0 Å². The van der Waals surface area contributed by atoms with E-state index < -0.39 is 60.7 Å². The Morgan fingerprint density at radius 1 is 0.404 bits per heavy atom. The Kier molecular flexibility index (Phi) is 32.6. The summed E-state index contributed by atoms with van der Waals surface area (Å²) in [6.07, 6.45) is 26.7. The molecule has 20 atom stereocenters. The van der Waals surface area contributed by atoms with Crippen molar-refractivity contribution in [2.45, 2.75) is 274 Å². The molecule has 20 rings (SSSR count). The average molecular weight is 1950 g/mol. The third kappa shape index (κ3) is 23.0. The molecule has 25 heteroatoms. The summed E-state index contributed by atoms with van der Waals surface area (Å²) in [6, 6.07) is 56.9. The Labute approximate surface area is 816 Å². The molecule has 8 saturated carbocycles. The van der Waals surface area contributed by atoms with E-state index in [4.69, 9.17) is 72.6 Å². The largest absolute Gasteiger partial charge is 0.508 e.